The number of nitrogens with zero attached hydrogens (tertiary/aromatic N) is 1. The molecule has 1 aliphatic rings. The fourth-order valence-electron chi connectivity index (χ4n) is 2.58. The lowest BCUT2D eigenvalue weighted by molar-refractivity contribution is 0.0427. The van der Waals surface area contributed by atoms with Crippen LogP contribution in [0.25, 0.3) is 0 Å². The highest BCUT2D eigenvalue weighted by atomic mass is 19.3. The minimum atomic E-state index is -2.24. The summed E-state index contributed by atoms with van der Waals surface area (Å²) in [5.74, 6) is 1.03. The van der Waals surface area contributed by atoms with Gasteiger partial charge in [0, 0.05) is 6.04 Å². The van der Waals surface area contributed by atoms with E-state index in [4.69, 9.17) is 5.73 Å². The molecule has 1 rings (SSSR count). The molecule has 0 spiro atoms. The van der Waals surface area contributed by atoms with Gasteiger partial charge in [-0.2, -0.15) is 0 Å². The van der Waals surface area contributed by atoms with Gasteiger partial charge in [-0.3, -0.25) is 4.90 Å². The number of nitrogens with two attached hydrogens (primary N) is 1. The molecule has 0 aromatic heterocycles. The molecule has 1 fully saturated rings. The Morgan fingerprint density at radius 1 is 1.40 bits per heavy atom. The molecule has 2 N–H and O–H groups in total. The number of alkyl halides is 2. The standard InChI is InChI=1S/C11H22F2N2/c1-8-3-4-9(6-14)10(5-8)15(2)7-11(12)13/h8-11H,3-7,14H2,1-2H3. The Kier molecular flexibility index (Phi) is 4.93. The van der Waals surface area contributed by atoms with Crippen LogP contribution in [0.5, 0.6) is 0 Å². The summed E-state index contributed by atoms with van der Waals surface area (Å²) in [6.07, 6.45) is 1.02. The fourth-order valence-corrected chi connectivity index (χ4v) is 2.58. The van der Waals surface area contributed by atoms with E-state index in [0.29, 0.717) is 18.4 Å². The molecular weight excluding hydrogens is 198 g/mol. The Bertz CT molecular complexity index is 187. The third-order valence-electron chi connectivity index (χ3n) is 3.51. The highest BCUT2D eigenvalue weighted by Gasteiger charge is 2.31. The largest absolute Gasteiger partial charge is 0.330 e. The van der Waals surface area contributed by atoms with Crippen molar-refractivity contribution in [1.82, 2.24) is 4.90 Å². The van der Waals surface area contributed by atoms with Crippen molar-refractivity contribution in [3.05, 3.63) is 0 Å². The fraction of sp³-hybridized carbons (Fsp3) is 1.00. The van der Waals surface area contributed by atoms with Crippen LogP contribution in [0.2, 0.25) is 0 Å². The summed E-state index contributed by atoms with van der Waals surface area (Å²) in [6, 6.07) is 0.243. The van der Waals surface area contributed by atoms with Gasteiger partial charge in [-0.1, -0.05) is 13.3 Å². The van der Waals surface area contributed by atoms with Gasteiger partial charge >= 0.3 is 0 Å². The Balaban J connectivity index is 2.53. The molecule has 0 aromatic rings. The molecule has 0 aromatic carbocycles. The molecule has 15 heavy (non-hydrogen) atoms. The first-order valence-electron chi connectivity index (χ1n) is 5.73. The van der Waals surface area contributed by atoms with E-state index in [0.717, 1.165) is 12.8 Å². The second kappa shape index (κ2) is 5.75. The average molecular weight is 220 g/mol. The molecule has 90 valence electrons. The molecule has 1 aliphatic carbocycles. The number of hydrogen-bond donors (Lipinski definition) is 1. The minimum absolute atomic E-state index is 0.131. The van der Waals surface area contributed by atoms with E-state index in [1.807, 2.05) is 0 Å². The predicted molar refractivity (Wildman–Crippen MR) is 58.0 cm³/mol. The second-order valence-corrected chi connectivity index (χ2v) is 4.81. The van der Waals surface area contributed by atoms with Crippen LogP contribution < -0.4 is 5.73 Å². The predicted octanol–water partition coefficient (Wildman–Crippen LogP) is 1.95. The molecule has 4 heteroatoms. The van der Waals surface area contributed by atoms with Crippen LogP contribution in [-0.2, 0) is 0 Å². The van der Waals surface area contributed by atoms with Crippen molar-refractivity contribution in [1.29, 1.82) is 0 Å². The van der Waals surface area contributed by atoms with Crippen molar-refractivity contribution in [2.75, 3.05) is 20.1 Å². The van der Waals surface area contributed by atoms with Gasteiger partial charge in [0.1, 0.15) is 0 Å². The summed E-state index contributed by atoms with van der Waals surface area (Å²) in [5.41, 5.74) is 5.69. The summed E-state index contributed by atoms with van der Waals surface area (Å²) in [7, 11) is 1.79. The monoisotopic (exact) mass is 220 g/mol. The van der Waals surface area contributed by atoms with Gasteiger partial charge in [-0.05, 0) is 38.3 Å². The van der Waals surface area contributed by atoms with Gasteiger partial charge in [0.05, 0.1) is 6.54 Å². The lowest BCUT2D eigenvalue weighted by Gasteiger charge is -2.39. The van der Waals surface area contributed by atoms with E-state index in [9.17, 15) is 8.78 Å². The van der Waals surface area contributed by atoms with Crippen molar-refractivity contribution in [3.8, 4) is 0 Å². The first kappa shape index (κ1) is 12.8. The summed E-state index contributed by atoms with van der Waals surface area (Å²) >= 11 is 0. The molecule has 3 atom stereocenters. The number of rotatable bonds is 4. The topological polar surface area (TPSA) is 29.3 Å². The Labute approximate surface area is 90.8 Å². The third kappa shape index (κ3) is 3.68. The first-order chi connectivity index (χ1) is 7.04. The maximum absolute atomic E-state index is 12.3. The van der Waals surface area contributed by atoms with Gasteiger partial charge in [-0.25, -0.2) is 8.78 Å². The summed E-state index contributed by atoms with van der Waals surface area (Å²) < 4.78 is 24.6. The Hall–Kier alpha value is -0.220. The zero-order chi connectivity index (χ0) is 11.4. The minimum Gasteiger partial charge on any atom is -0.330 e. The van der Waals surface area contributed by atoms with Gasteiger partial charge in [0.25, 0.3) is 6.43 Å². The van der Waals surface area contributed by atoms with Gasteiger partial charge in [0.2, 0.25) is 0 Å². The molecule has 1 saturated carbocycles. The molecule has 0 aliphatic heterocycles. The van der Waals surface area contributed by atoms with Crippen LogP contribution >= 0.6 is 0 Å². The van der Waals surface area contributed by atoms with Crippen LogP contribution in [0.15, 0.2) is 0 Å². The summed E-state index contributed by atoms with van der Waals surface area (Å²) in [5, 5.41) is 0. The molecular formula is C11H22F2N2. The maximum Gasteiger partial charge on any atom is 0.251 e. The van der Waals surface area contributed by atoms with Gasteiger partial charge < -0.3 is 5.73 Å². The van der Waals surface area contributed by atoms with E-state index in [1.165, 1.54) is 6.42 Å². The highest BCUT2D eigenvalue weighted by molar-refractivity contribution is 4.85. The molecule has 2 nitrogen and oxygen atoms in total. The van der Waals surface area contributed by atoms with Crippen molar-refractivity contribution in [2.45, 2.75) is 38.7 Å². The maximum atomic E-state index is 12.3. The molecule has 3 unspecified atom stereocenters. The smallest absolute Gasteiger partial charge is 0.251 e. The van der Waals surface area contributed by atoms with Gasteiger partial charge in [-0.15, -0.1) is 0 Å². The van der Waals surface area contributed by atoms with E-state index in [-0.39, 0.29) is 12.6 Å². The average Bonchev–Trinajstić information content (AvgIpc) is 2.16. The first-order valence-corrected chi connectivity index (χ1v) is 5.73. The normalized spacial score (nSPS) is 32.6. The SMILES string of the molecule is CC1CCC(CN)C(N(C)CC(F)F)C1. The van der Waals surface area contributed by atoms with E-state index < -0.39 is 6.43 Å². The van der Waals surface area contributed by atoms with Crippen molar-refractivity contribution in [3.63, 3.8) is 0 Å². The Morgan fingerprint density at radius 2 is 2.07 bits per heavy atom. The van der Waals surface area contributed by atoms with Crippen LogP contribution in [0.3, 0.4) is 0 Å². The molecule has 0 radical (unpaired) electrons. The highest BCUT2D eigenvalue weighted by Crippen LogP contribution is 2.31. The summed E-state index contributed by atoms with van der Waals surface area (Å²) in [6.45, 7) is 2.68. The quantitative estimate of drug-likeness (QED) is 0.784. The van der Waals surface area contributed by atoms with Crippen LogP contribution in [0.4, 0.5) is 8.78 Å². The zero-order valence-corrected chi connectivity index (χ0v) is 9.63. The second-order valence-electron chi connectivity index (χ2n) is 4.81. The van der Waals surface area contributed by atoms with Crippen LogP contribution in [0, 0.1) is 11.8 Å². The van der Waals surface area contributed by atoms with Crippen LogP contribution in [0.1, 0.15) is 26.2 Å². The number of halogens is 2. The zero-order valence-electron chi connectivity index (χ0n) is 9.63. The van der Waals surface area contributed by atoms with E-state index in [2.05, 4.69) is 6.92 Å². The Morgan fingerprint density at radius 3 is 2.60 bits per heavy atom. The van der Waals surface area contributed by atoms with Crippen molar-refractivity contribution >= 4 is 0 Å². The number of hydrogen-bond acceptors (Lipinski definition) is 2. The third-order valence-corrected chi connectivity index (χ3v) is 3.51. The lowest BCUT2D eigenvalue weighted by Crippen LogP contribution is -2.46. The van der Waals surface area contributed by atoms with Gasteiger partial charge in [0.15, 0.2) is 0 Å². The van der Waals surface area contributed by atoms with E-state index >= 15 is 0 Å². The molecule has 0 saturated heterocycles. The van der Waals surface area contributed by atoms with Crippen molar-refractivity contribution < 1.29 is 8.78 Å². The van der Waals surface area contributed by atoms with Crippen molar-refractivity contribution in [2.24, 2.45) is 17.6 Å². The van der Waals surface area contributed by atoms with E-state index in [1.54, 1.807) is 11.9 Å². The molecule has 0 bridgehead atoms. The van der Waals surface area contributed by atoms with Crippen LogP contribution in [-0.4, -0.2) is 37.5 Å². The molecule has 0 amide bonds. The molecule has 0 heterocycles. The summed E-state index contributed by atoms with van der Waals surface area (Å²) in [4.78, 5) is 1.79. The lowest BCUT2D eigenvalue weighted by atomic mass is 9.78.